The Hall–Kier alpha value is -3.80. The van der Waals surface area contributed by atoms with Gasteiger partial charge in [0.25, 0.3) is 16.7 Å². The van der Waals surface area contributed by atoms with Crippen LogP contribution in [0.1, 0.15) is 0 Å². The molecule has 0 spiro atoms. The molecule has 32 heavy (non-hydrogen) atoms. The monoisotopic (exact) mass is 459 g/mol. The van der Waals surface area contributed by atoms with E-state index in [-0.39, 0.29) is 5.69 Å². The summed E-state index contributed by atoms with van der Waals surface area (Å²) in [4.78, 5) is 47.4. The van der Waals surface area contributed by atoms with Crippen molar-refractivity contribution < 1.29 is 28.6 Å². The van der Waals surface area contributed by atoms with Gasteiger partial charge in [-0.2, -0.15) is 0 Å². The van der Waals surface area contributed by atoms with E-state index in [1.165, 1.54) is 25.3 Å². The van der Waals surface area contributed by atoms with Crippen LogP contribution in [0.25, 0.3) is 11.1 Å². The van der Waals surface area contributed by atoms with Crippen LogP contribution in [-0.2, 0) is 9.59 Å². The second-order valence-corrected chi connectivity index (χ2v) is 8.12. The second-order valence-electron chi connectivity index (χ2n) is 6.95. The minimum atomic E-state index is -1.78. The quantitative estimate of drug-likeness (QED) is 0.492. The smallest absolute Gasteiger partial charge is 0.296 e. The Morgan fingerprint density at radius 1 is 1.03 bits per heavy atom. The molecule has 2 aromatic rings. The zero-order valence-electron chi connectivity index (χ0n) is 16.4. The summed E-state index contributed by atoms with van der Waals surface area (Å²) in [7, 11) is 1.49. The molecule has 0 N–H and O–H groups in total. The number of thioether (sulfide) groups is 1. The number of amides is 1. The third kappa shape index (κ3) is 3.47. The molecule has 0 radical (unpaired) electrons. The van der Waals surface area contributed by atoms with E-state index in [1.54, 1.807) is 24.3 Å². The summed E-state index contributed by atoms with van der Waals surface area (Å²) < 4.78 is 20.2. The Morgan fingerprint density at radius 2 is 1.69 bits per heavy atom. The molecule has 2 aliphatic rings. The number of methoxy groups -OCH3 is 1. The van der Waals surface area contributed by atoms with Gasteiger partial charge in [0.15, 0.2) is 5.78 Å². The number of nitro groups is 2. The molecule has 0 bridgehead atoms. The van der Waals surface area contributed by atoms with Gasteiger partial charge in [-0.3, -0.25) is 34.7 Å². The zero-order valence-corrected chi connectivity index (χ0v) is 17.2. The van der Waals surface area contributed by atoms with Gasteiger partial charge in [0.05, 0.1) is 24.9 Å². The molecular weight excluding hydrogens is 445 g/mol. The topological polar surface area (TPSA) is 133 Å². The fraction of sp³-hybridized carbons (Fsp3) is 0.200. The highest BCUT2D eigenvalue weighted by Crippen LogP contribution is 2.43. The lowest BCUT2D eigenvalue weighted by Gasteiger charge is -2.27. The molecule has 0 saturated heterocycles. The third-order valence-corrected chi connectivity index (χ3v) is 6.48. The van der Waals surface area contributed by atoms with Gasteiger partial charge in [-0.25, -0.2) is 4.39 Å². The van der Waals surface area contributed by atoms with Gasteiger partial charge in [-0.05, 0) is 35.4 Å². The molecule has 2 aliphatic heterocycles. The maximum absolute atomic E-state index is 15.0. The second kappa shape index (κ2) is 8.04. The van der Waals surface area contributed by atoms with Crippen LogP contribution in [0.3, 0.4) is 0 Å². The van der Waals surface area contributed by atoms with Crippen molar-refractivity contribution >= 4 is 29.1 Å². The minimum Gasteiger partial charge on any atom is -0.497 e. The molecule has 2 aromatic carbocycles. The number of hydrogen-bond acceptors (Lipinski definition) is 8. The van der Waals surface area contributed by atoms with Crippen LogP contribution in [0.5, 0.6) is 5.75 Å². The number of halogens is 1. The van der Waals surface area contributed by atoms with E-state index in [0.29, 0.717) is 28.6 Å². The summed E-state index contributed by atoms with van der Waals surface area (Å²) in [6, 6.07) is 10.9. The van der Waals surface area contributed by atoms with E-state index < -0.39 is 55.8 Å². The lowest BCUT2D eigenvalue weighted by molar-refractivity contribution is -0.491. The lowest BCUT2D eigenvalue weighted by Crippen LogP contribution is -2.45. The Balaban J connectivity index is 1.73. The van der Waals surface area contributed by atoms with Crippen LogP contribution in [-0.4, -0.2) is 45.9 Å². The summed E-state index contributed by atoms with van der Waals surface area (Å²) >= 11 is 0.298. The van der Waals surface area contributed by atoms with Gasteiger partial charge < -0.3 is 4.74 Å². The highest BCUT2D eigenvalue weighted by Gasteiger charge is 2.56. The predicted molar refractivity (Wildman–Crippen MR) is 112 cm³/mol. The molecule has 4 rings (SSSR count). The number of rotatable bonds is 5. The number of hydrogen-bond donors (Lipinski definition) is 0. The SMILES string of the molecule is COc1cccc(-c2ccc(N3CC(=O)C4=C(C3=O)C([N+](=O)[O-])SC4[N+](=O)[O-])c(F)c2)c1. The molecule has 0 saturated carbocycles. The Morgan fingerprint density at radius 3 is 2.31 bits per heavy atom. The first-order valence-electron chi connectivity index (χ1n) is 9.18. The van der Waals surface area contributed by atoms with Gasteiger partial charge in [0, 0.05) is 21.6 Å². The molecule has 0 aromatic heterocycles. The molecule has 0 fully saturated rings. The maximum atomic E-state index is 15.0. The number of ketones is 1. The molecule has 2 atom stereocenters. The summed E-state index contributed by atoms with van der Waals surface area (Å²) in [5.41, 5.74) is -0.187. The average molecular weight is 459 g/mol. The summed E-state index contributed by atoms with van der Waals surface area (Å²) in [6.45, 7) is -0.650. The fourth-order valence-corrected chi connectivity index (χ4v) is 4.89. The molecule has 1 amide bonds. The highest BCUT2D eigenvalue weighted by atomic mass is 32.2. The van der Waals surface area contributed by atoms with E-state index >= 15 is 4.39 Å². The number of carbonyl (C=O) groups is 2. The summed E-state index contributed by atoms with van der Waals surface area (Å²) in [6.07, 6.45) is 0. The van der Waals surface area contributed by atoms with E-state index in [4.69, 9.17) is 4.74 Å². The van der Waals surface area contributed by atoms with Crippen LogP contribution in [0.2, 0.25) is 0 Å². The standard InChI is InChI=1S/C20H14FN3O7S/c1-31-12-4-2-3-10(7-12)11-5-6-14(13(21)8-11)22-9-15(25)16-17(18(22)26)20(24(29)30)32-19(16)23(27)28/h2-8,19-20H,9H2,1H3. The van der Waals surface area contributed by atoms with Crippen LogP contribution in [0.15, 0.2) is 53.6 Å². The van der Waals surface area contributed by atoms with E-state index in [1.807, 2.05) is 0 Å². The number of anilines is 1. The number of Topliss-reactive ketones (excluding diaryl/α,β-unsaturated/α-hetero) is 1. The van der Waals surface area contributed by atoms with Crippen LogP contribution in [0.4, 0.5) is 10.1 Å². The maximum Gasteiger partial charge on any atom is 0.296 e. The molecule has 164 valence electrons. The Labute approximate surface area is 183 Å². The van der Waals surface area contributed by atoms with E-state index in [9.17, 15) is 29.8 Å². The van der Waals surface area contributed by atoms with Crippen molar-refractivity contribution in [2.24, 2.45) is 0 Å². The van der Waals surface area contributed by atoms with Crippen molar-refractivity contribution in [2.45, 2.75) is 10.7 Å². The van der Waals surface area contributed by atoms with Crippen molar-refractivity contribution in [3.8, 4) is 16.9 Å². The Bertz CT molecular complexity index is 1220. The first-order chi connectivity index (χ1) is 15.2. The zero-order chi connectivity index (χ0) is 23.2. The molecule has 12 heteroatoms. The lowest BCUT2D eigenvalue weighted by atomic mass is 9.96. The number of nitrogens with zero attached hydrogens (tertiary/aromatic N) is 3. The van der Waals surface area contributed by atoms with E-state index in [0.717, 1.165) is 4.90 Å². The number of benzene rings is 2. The van der Waals surface area contributed by atoms with Crippen molar-refractivity contribution in [2.75, 3.05) is 18.6 Å². The largest absolute Gasteiger partial charge is 0.497 e. The van der Waals surface area contributed by atoms with Gasteiger partial charge in [0.2, 0.25) is 0 Å². The first-order valence-corrected chi connectivity index (χ1v) is 10.1. The third-order valence-electron chi connectivity index (χ3n) is 5.14. The first kappa shape index (κ1) is 21.4. The fourth-order valence-electron chi connectivity index (χ4n) is 3.69. The molecular formula is C20H14FN3O7S. The van der Waals surface area contributed by atoms with E-state index in [2.05, 4.69) is 0 Å². The minimum absolute atomic E-state index is 0.252. The van der Waals surface area contributed by atoms with Gasteiger partial charge in [0.1, 0.15) is 17.1 Å². The van der Waals surface area contributed by atoms with Crippen LogP contribution >= 0.6 is 11.8 Å². The normalized spacial score (nSPS) is 20.4. The van der Waals surface area contributed by atoms with Crippen molar-refractivity contribution in [1.29, 1.82) is 0 Å². The van der Waals surface area contributed by atoms with Crippen molar-refractivity contribution in [1.82, 2.24) is 0 Å². The predicted octanol–water partition coefficient (Wildman–Crippen LogP) is 2.67. The molecule has 2 heterocycles. The number of carbonyl (C=O) groups excluding carboxylic acids is 2. The number of ether oxygens (including phenoxy) is 1. The molecule has 0 aliphatic carbocycles. The Kier molecular flexibility index (Phi) is 5.38. The average Bonchev–Trinajstić information content (AvgIpc) is 3.19. The summed E-state index contributed by atoms with van der Waals surface area (Å²) in [5, 5.41) is 19.2. The van der Waals surface area contributed by atoms with Crippen LogP contribution < -0.4 is 9.64 Å². The van der Waals surface area contributed by atoms with Crippen molar-refractivity contribution in [3.63, 3.8) is 0 Å². The van der Waals surface area contributed by atoms with Gasteiger partial charge in [-0.15, -0.1) is 0 Å². The summed E-state index contributed by atoms with van der Waals surface area (Å²) in [5.74, 6) is -2.08. The van der Waals surface area contributed by atoms with Crippen molar-refractivity contribution in [3.05, 3.63) is 79.7 Å². The van der Waals surface area contributed by atoms with Crippen LogP contribution in [0, 0.1) is 26.0 Å². The molecule has 2 unspecified atom stereocenters. The van der Waals surface area contributed by atoms with Gasteiger partial charge >= 0.3 is 0 Å². The van der Waals surface area contributed by atoms with Gasteiger partial charge in [-0.1, -0.05) is 18.2 Å². The highest BCUT2D eigenvalue weighted by molar-refractivity contribution is 8.00. The molecule has 10 nitrogen and oxygen atoms in total.